The Morgan fingerprint density at radius 2 is 2.07 bits per heavy atom. The van der Waals surface area contributed by atoms with E-state index in [1.807, 2.05) is 20.8 Å². The Kier molecular flexibility index (Phi) is 3.57. The van der Waals surface area contributed by atoms with Crippen molar-refractivity contribution in [1.82, 2.24) is 15.5 Å². The van der Waals surface area contributed by atoms with Crippen LogP contribution >= 0.6 is 0 Å². The maximum atomic E-state index is 11.8. The fraction of sp³-hybridized carbons (Fsp3) is 0.900. The Labute approximate surface area is 90.8 Å². The van der Waals surface area contributed by atoms with E-state index in [-0.39, 0.29) is 17.6 Å². The molecule has 0 aromatic carbocycles. The van der Waals surface area contributed by atoms with E-state index < -0.39 is 6.10 Å². The Morgan fingerprint density at radius 1 is 1.47 bits per heavy atom. The van der Waals surface area contributed by atoms with Crippen LogP contribution in [0.25, 0.3) is 0 Å². The summed E-state index contributed by atoms with van der Waals surface area (Å²) >= 11 is 0. The molecule has 2 atom stereocenters. The number of nitrogens with one attached hydrogen (secondary N) is 2. The van der Waals surface area contributed by atoms with Crippen molar-refractivity contribution in [2.45, 2.75) is 38.5 Å². The number of carbonyl (C=O) groups excluding carboxylic acids is 1. The van der Waals surface area contributed by atoms with E-state index in [2.05, 4.69) is 10.6 Å². The molecule has 0 aromatic rings. The largest absolute Gasteiger partial charge is 0.390 e. The summed E-state index contributed by atoms with van der Waals surface area (Å²) in [6.45, 7) is 7.00. The van der Waals surface area contributed by atoms with E-state index in [1.54, 1.807) is 11.9 Å². The number of aliphatic hydroxyl groups is 1. The van der Waals surface area contributed by atoms with Gasteiger partial charge in [0.05, 0.1) is 12.1 Å². The predicted octanol–water partition coefficient (Wildman–Crippen LogP) is -0.241. The van der Waals surface area contributed by atoms with Crippen molar-refractivity contribution < 1.29 is 9.90 Å². The monoisotopic (exact) mass is 215 g/mol. The first-order valence-corrected chi connectivity index (χ1v) is 5.25. The molecule has 1 saturated heterocycles. The lowest BCUT2D eigenvalue weighted by Gasteiger charge is -2.30. The third-order valence-corrected chi connectivity index (χ3v) is 2.45. The van der Waals surface area contributed by atoms with Crippen molar-refractivity contribution in [2.75, 3.05) is 20.1 Å². The summed E-state index contributed by atoms with van der Waals surface area (Å²) in [5, 5.41) is 15.5. The third kappa shape index (κ3) is 3.35. The molecular formula is C10H21N3O2. The molecule has 0 spiro atoms. The lowest BCUT2D eigenvalue weighted by atomic mass is 10.1. The van der Waals surface area contributed by atoms with Gasteiger partial charge >= 0.3 is 6.03 Å². The molecule has 3 N–H and O–H groups in total. The van der Waals surface area contributed by atoms with Crippen LogP contribution in [0, 0.1) is 0 Å². The van der Waals surface area contributed by atoms with E-state index in [0.29, 0.717) is 13.1 Å². The molecule has 88 valence electrons. The molecule has 15 heavy (non-hydrogen) atoms. The van der Waals surface area contributed by atoms with Gasteiger partial charge in [-0.2, -0.15) is 0 Å². The second-order valence-corrected chi connectivity index (χ2v) is 5.08. The van der Waals surface area contributed by atoms with Gasteiger partial charge in [-0.1, -0.05) is 0 Å². The molecule has 2 amide bonds. The summed E-state index contributed by atoms with van der Waals surface area (Å²) in [5.41, 5.74) is -0.248. The van der Waals surface area contributed by atoms with Gasteiger partial charge in [0, 0.05) is 25.7 Å². The Bertz CT molecular complexity index is 237. The first-order chi connectivity index (χ1) is 6.81. The standard InChI is InChI=1S/C10H21N3O2/c1-10(2,3)12-9(15)13(4)7-5-11-6-8(7)14/h7-8,11,14H,5-6H2,1-4H3,(H,12,15). The van der Waals surface area contributed by atoms with E-state index >= 15 is 0 Å². The SMILES string of the molecule is CN(C(=O)NC(C)(C)C)C1CNCC1O. The maximum Gasteiger partial charge on any atom is 0.317 e. The Balaban J connectivity index is 2.52. The van der Waals surface area contributed by atoms with Gasteiger partial charge in [-0.15, -0.1) is 0 Å². The van der Waals surface area contributed by atoms with Crippen LogP contribution in [0.2, 0.25) is 0 Å². The van der Waals surface area contributed by atoms with Crippen molar-refractivity contribution in [3.63, 3.8) is 0 Å². The zero-order valence-electron chi connectivity index (χ0n) is 9.87. The first kappa shape index (κ1) is 12.3. The molecule has 0 aliphatic carbocycles. The molecule has 5 nitrogen and oxygen atoms in total. The van der Waals surface area contributed by atoms with Crippen LogP contribution < -0.4 is 10.6 Å². The van der Waals surface area contributed by atoms with Crippen LogP contribution in [0.3, 0.4) is 0 Å². The molecule has 0 aromatic heterocycles. The molecule has 1 aliphatic heterocycles. The van der Waals surface area contributed by atoms with E-state index in [4.69, 9.17) is 0 Å². The average Bonchev–Trinajstić information content (AvgIpc) is 2.47. The second-order valence-electron chi connectivity index (χ2n) is 5.08. The van der Waals surface area contributed by atoms with Crippen LogP contribution in [0.4, 0.5) is 4.79 Å². The van der Waals surface area contributed by atoms with Crippen LogP contribution in [-0.2, 0) is 0 Å². The van der Waals surface area contributed by atoms with Crippen molar-refractivity contribution >= 4 is 6.03 Å². The van der Waals surface area contributed by atoms with Crippen LogP contribution in [-0.4, -0.2) is 53.9 Å². The number of aliphatic hydroxyl groups excluding tert-OH is 1. The van der Waals surface area contributed by atoms with Crippen molar-refractivity contribution in [3.8, 4) is 0 Å². The van der Waals surface area contributed by atoms with Crippen LogP contribution in [0.1, 0.15) is 20.8 Å². The Hall–Kier alpha value is -0.810. The highest BCUT2D eigenvalue weighted by atomic mass is 16.3. The van der Waals surface area contributed by atoms with E-state index in [9.17, 15) is 9.90 Å². The molecule has 0 saturated carbocycles. The minimum atomic E-state index is -0.472. The van der Waals surface area contributed by atoms with Crippen molar-refractivity contribution in [2.24, 2.45) is 0 Å². The third-order valence-electron chi connectivity index (χ3n) is 2.45. The van der Waals surface area contributed by atoms with Gasteiger partial charge in [0.1, 0.15) is 0 Å². The Morgan fingerprint density at radius 3 is 2.47 bits per heavy atom. The number of carbonyl (C=O) groups is 1. The quantitative estimate of drug-likeness (QED) is 0.565. The van der Waals surface area contributed by atoms with Gasteiger partial charge in [0.25, 0.3) is 0 Å². The maximum absolute atomic E-state index is 11.8. The predicted molar refractivity (Wildman–Crippen MR) is 58.7 cm³/mol. The van der Waals surface area contributed by atoms with Crippen molar-refractivity contribution in [3.05, 3.63) is 0 Å². The van der Waals surface area contributed by atoms with Gasteiger partial charge in [-0.25, -0.2) is 4.79 Å². The normalized spacial score (nSPS) is 26.5. The lowest BCUT2D eigenvalue weighted by molar-refractivity contribution is 0.107. The molecule has 0 bridgehead atoms. The van der Waals surface area contributed by atoms with E-state index in [1.165, 1.54) is 0 Å². The number of hydrogen-bond donors (Lipinski definition) is 3. The second kappa shape index (κ2) is 4.37. The van der Waals surface area contributed by atoms with Crippen LogP contribution in [0.15, 0.2) is 0 Å². The fourth-order valence-electron chi connectivity index (χ4n) is 1.61. The van der Waals surface area contributed by atoms with Gasteiger partial charge in [0.2, 0.25) is 0 Å². The molecule has 1 heterocycles. The molecule has 1 rings (SSSR count). The zero-order valence-corrected chi connectivity index (χ0v) is 9.87. The molecular weight excluding hydrogens is 194 g/mol. The highest BCUT2D eigenvalue weighted by molar-refractivity contribution is 5.75. The highest BCUT2D eigenvalue weighted by Gasteiger charge is 2.32. The molecule has 5 heteroatoms. The van der Waals surface area contributed by atoms with E-state index in [0.717, 1.165) is 0 Å². The first-order valence-electron chi connectivity index (χ1n) is 5.25. The molecule has 1 aliphatic rings. The fourth-order valence-corrected chi connectivity index (χ4v) is 1.61. The molecule has 1 fully saturated rings. The number of amides is 2. The van der Waals surface area contributed by atoms with Gasteiger partial charge in [-0.05, 0) is 20.8 Å². The van der Waals surface area contributed by atoms with Crippen molar-refractivity contribution in [1.29, 1.82) is 0 Å². The van der Waals surface area contributed by atoms with Gasteiger partial charge in [0.15, 0.2) is 0 Å². The summed E-state index contributed by atoms with van der Waals surface area (Å²) in [5.74, 6) is 0. The smallest absolute Gasteiger partial charge is 0.317 e. The summed E-state index contributed by atoms with van der Waals surface area (Å²) in [6, 6.07) is -0.275. The average molecular weight is 215 g/mol. The van der Waals surface area contributed by atoms with Crippen LogP contribution in [0.5, 0.6) is 0 Å². The van der Waals surface area contributed by atoms with Gasteiger partial charge < -0.3 is 20.6 Å². The van der Waals surface area contributed by atoms with Gasteiger partial charge in [-0.3, -0.25) is 0 Å². The number of nitrogens with zero attached hydrogens (tertiary/aromatic N) is 1. The number of urea groups is 1. The molecule has 0 radical (unpaired) electrons. The summed E-state index contributed by atoms with van der Waals surface area (Å²) in [7, 11) is 1.71. The summed E-state index contributed by atoms with van der Waals surface area (Å²) in [4.78, 5) is 13.3. The summed E-state index contributed by atoms with van der Waals surface area (Å²) in [6.07, 6.45) is -0.472. The summed E-state index contributed by atoms with van der Waals surface area (Å²) < 4.78 is 0. The minimum Gasteiger partial charge on any atom is -0.390 e. The number of likely N-dealkylation sites (N-methyl/N-ethyl adjacent to an activating group) is 1. The highest BCUT2D eigenvalue weighted by Crippen LogP contribution is 2.09. The number of rotatable bonds is 1. The zero-order chi connectivity index (χ0) is 11.6. The lowest BCUT2D eigenvalue weighted by Crippen LogP contribution is -2.53. The number of β-amino-alcohol motifs (C(OH)–C–C–N with tert-alkyl or cyclic N) is 1. The minimum absolute atomic E-state index is 0.132. The topological polar surface area (TPSA) is 64.6 Å². The number of hydrogen-bond acceptors (Lipinski definition) is 3. The molecule has 2 unspecified atom stereocenters.